The summed E-state index contributed by atoms with van der Waals surface area (Å²) >= 11 is 5.68. The lowest BCUT2D eigenvalue weighted by Crippen LogP contribution is -2.22. The molecular weight excluding hydrogens is 292 g/mol. The molecule has 1 aromatic carbocycles. The number of rotatable bonds is 4. The Kier molecular flexibility index (Phi) is 4.84. The fourth-order valence-electron chi connectivity index (χ4n) is 1.61. The van der Waals surface area contributed by atoms with Crippen molar-refractivity contribution in [3.63, 3.8) is 0 Å². The molecule has 21 heavy (non-hydrogen) atoms. The SMILES string of the molecule is CCNC(=O)c1ccc(NC(=O)c2cncc(Cl)n2)cc1. The molecule has 0 atom stereocenters. The standard InChI is InChI=1S/C14H13ClN4O2/c1-2-17-13(20)9-3-5-10(6-4-9)18-14(21)11-7-16-8-12(15)19-11/h3-8H,2H2,1H3,(H,17,20)(H,18,21). The zero-order valence-electron chi connectivity index (χ0n) is 11.3. The Hall–Kier alpha value is -2.47. The van der Waals surface area contributed by atoms with Crippen LogP contribution in [0.25, 0.3) is 0 Å². The first-order valence-electron chi connectivity index (χ1n) is 6.27. The second-order valence-electron chi connectivity index (χ2n) is 4.12. The predicted octanol–water partition coefficient (Wildman–Crippen LogP) is 2.13. The van der Waals surface area contributed by atoms with Crippen molar-refractivity contribution in [3.05, 3.63) is 53.1 Å². The van der Waals surface area contributed by atoms with E-state index in [4.69, 9.17) is 11.6 Å². The Morgan fingerprint density at radius 3 is 2.48 bits per heavy atom. The van der Waals surface area contributed by atoms with Gasteiger partial charge >= 0.3 is 0 Å². The molecule has 0 aliphatic carbocycles. The van der Waals surface area contributed by atoms with Crippen LogP contribution in [-0.4, -0.2) is 28.3 Å². The lowest BCUT2D eigenvalue weighted by atomic mass is 10.2. The molecule has 0 aliphatic heterocycles. The quantitative estimate of drug-likeness (QED) is 0.906. The molecule has 1 aromatic heterocycles. The van der Waals surface area contributed by atoms with Crippen molar-refractivity contribution in [2.45, 2.75) is 6.92 Å². The van der Waals surface area contributed by atoms with E-state index in [2.05, 4.69) is 20.6 Å². The number of aromatic nitrogens is 2. The van der Waals surface area contributed by atoms with Crippen LogP contribution in [0.2, 0.25) is 5.15 Å². The summed E-state index contributed by atoms with van der Waals surface area (Å²) in [5.41, 5.74) is 1.20. The van der Waals surface area contributed by atoms with E-state index in [1.54, 1.807) is 24.3 Å². The number of carbonyl (C=O) groups is 2. The molecule has 2 N–H and O–H groups in total. The minimum atomic E-state index is -0.421. The third-order valence-electron chi connectivity index (χ3n) is 2.58. The van der Waals surface area contributed by atoms with E-state index in [-0.39, 0.29) is 16.8 Å². The number of halogens is 1. The van der Waals surface area contributed by atoms with Gasteiger partial charge in [0, 0.05) is 17.8 Å². The lowest BCUT2D eigenvalue weighted by molar-refractivity contribution is 0.0955. The minimum Gasteiger partial charge on any atom is -0.352 e. The number of anilines is 1. The average Bonchev–Trinajstić information content (AvgIpc) is 2.48. The van der Waals surface area contributed by atoms with Crippen molar-refractivity contribution in [2.24, 2.45) is 0 Å². The number of carbonyl (C=O) groups excluding carboxylic acids is 2. The molecule has 0 fully saturated rings. The first-order valence-corrected chi connectivity index (χ1v) is 6.65. The summed E-state index contributed by atoms with van der Waals surface area (Å²) in [4.78, 5) is 31.2. The van der Waals surface area contributed by atoms with E-state index in [1.165, 1.54) is 12.4 Å². The van der Waals surface area contributed by atoms with Crippen LogP contribution in [0.4, 0.5) is 5.69 Å². The molecule has 6 nitrogen and oxygen atoms in total. The molecule has 108 valence electrons. The van der Waals surface area contributed by atoms with Crippen molar-refractivity contribution in [1.82, 2.24) is 15.3 Å². The van der Waals surface area contributed by atoms with Crippen LogP contribution in [0.15, 0.2) is 36.7 Å². The second kappa shape index (κ2) is 6.81. The summed E-state index contributed by atoms with van der Waals surface area (Å²) in [5, 5.41) is 5.49. The molecule has 2 amide bonds. The molecular formula is C14H13ClN4O2. The average molecular weight is 305 g/mol. The van der Waals surface area contributed by atoms with E-state index >= 15 is 0 Å². The maximum absolute atomic E-state index is 11.9. The van der Waals surface area contributed by atoms with Crippen LogP contribution in [0.1, 0.15) is 27.8 Å². The van der Waals surface area contributed by atoms with E-state index in [0.29, 0.717) is 17.8 Å². The number of benzene rings is 1. The number of amides is 2. The van der Waals surface area contributed by atoms with Crippen molar-refractivity contribution in [3.8, 4) is 0 Å². The number of hydrogen-bond donors (Lipinski definition) is 2. The zero-order chi connectivity index (χ0) is 15.2. The van der Waals surface area contributed by atoms with Gasteiger partial charge in [0.1, 0.15) is 10.8 Å². The first-order chi connectivity index (χ1) is 10.1. The number of nitrogens with one attached hydrogen (secondary N) is 2. The van der Waals surface area contributed by atoms with Crippen LogP contribution in [0.3, 0.4) is 0 Å². The largest absolute Gasteiger partial charge is 0.352 e. The van der Waals surface area contributed by atoms with E-state index < -0.39 is 5.91 Å². The molecule has 0 unspecified atom stereocenters. The van der Waals surface area contributed by atoms with Crippen molar-refractivity contribution in [2.75, 3.05) is 11.9 Å². The maximum Gasteiger partial charge on any atom is 0.275 e. The third-order valence-corrected chi connectivity index (χ3v) is 2.76. The Balaban J connectivity index is 2.06. The normalized spacial score (nSPS) is 10.0. The van der Waals surface area contributed by atoms with Crippen LogP contribution in [-0.2, 0) is 0 Å². The van der Waals surface area contributed by atoms with Gasteiger partial charge < -0.3 is 10.6 Å². The number of hydrogen-bond acceptors (Lipinski definition) is 4. The summed E-state index contributed by atoms with van der Waals surface area (Å²) in [6.45, 7) is 2.41. The molecule has 7 heteroatoms. The fourth-order valence-corrected chi connectivity index (χ4v) is 1.76. The zero-order valence-corrected chi connectivity index (χ0v) is 12.0. The van der Waals surface area contributed by atoms with Gasteiger partial charge in [0.15, 0.2) is 0 Å². The van der Waals surface area contributed by atoms with Gasteiger partial charge in [-0.1, -0.05) is 11.6 Å². The van der Waals surface area contributed by atoms with Crippen molar-refractivity contribution in [1.29, 1.82) is 0 Å². The predicted molar refractivity (Wildman–Crippen MR) is 79.4 cm³/mol. The maximum atomic E-state index is 11.9. The highest BCUT2D eigenvalue weighted by atomic mass is 35.5. The van der Waals surface area contributed by atoms with Gasteiger partial charge in [0.25, 0.3) is 11.8 Å². The van der Waals surface area contributed by atoms with Gasteiger partial charge in [-0.3, -0.25) is 14.6 Å². The highest BCUT2D eigenvalue weighted by Crippen LogP contribution is 2.11. The van der Waals surface area contributed by atoms with Crippen LogP contribution in [0, 0.1) is 0 Å². The topological polar surface area (TPSA) is 84.0 Å². The minimum absolute atomic E-state index is 0.121. The summed E-state index contributed by atoms with van der Waals surface area (Å²) < 4.78 is 0. The Morgan fingerprint density at radius 2 is 1.86 bits per heavy atom. The number of nitrogens with zero attached hydrogens (tertiary/aromatic N) is 2. The second-order valence-corrected chi connectivity index (χ2v) is 4.51. The van der Waals surface area contributed by atoms with Crippen molar-refractivity contribution >= 4 is 29.1 Å². The monoisotopic (exact) mass is 304 g/mol. The smallest absolute Gasteiger partial charge is 0.275 e. The molecule has 0 aliphatic rings. The molecule has 0 saturated heterocycles. The van der Waals surface area contributed by atoms with Gasteiger partial charge in [0.05, 0.1) is 12.4 Å². The Labute approximate surface area is 126 Å². The molecule has 2 aromatic rings. The molecule has 0 radical (unpaired) electrons. The van der Waals surface area contributed by atoms with Crippen molar-refractivity contribution < 1.29 is 9.59 Å². The lowest BCUT2D eigenvalue weighted by Gasteiger charge is -2.06. The Bertz CT molecular complexity index is 658. The first kappa shape index (κ1) is 14.9. The van der Waals surface area contributed by atoms with Crippen LogP contribution in [0.5, 0.6) is 0 Å². The van der Waals surface area contributed by atoms with Gasteiger partial charge in [-0.25, -0.2) is 4.98 Å². The summed E-state index contributed by atoms with van der Waals surface area (Å²) in [5.74, 6) is -0.577. The van der Waals surface area contributed by atoms with Crippen LogP contribution < -0.4 is 10.6 Å². The summed E-state index contributed by atoms with van der Waals surface area (Å²) in [6.07, 6.45) is 2.67. The molecule has 2 rings (SSSR count). The summed E-state index contributed by atoms with van der Waals surface area (Å²) in [7, 11) is 0. The van der Waals surface area contributed by atoms with E-state index in [9.17, 15) is 9.59 Å². The van der Waals surface area contributed by atoms with E-state index in [1.807, 2.05) is 6.92 Å². The fraction of sp³-hybridized carbons (Fsp3) is 0.143. The molecule has 0 saturated carbocycles. The Morgan fingerprint density at radius 1 is 1.14 bits per heavy atom. The van der Waals surface area contributed by atoms with Gasteiger partial charge in [-0.2, -0.15) is 0 Å². The highest BCUT2D eigenvalue weighted by Gasteiger charge is 2.09. The van der Waals surface area contributed by atoms with Gasteiger partial charge in [-0.05, 0) is 31.2 Å². The van der Waals surface area contributed by atoms with Crippen LogP contribution >= 0.6 is 11.6 Å². The molecule has 0 bridgehead atoms. The van der Waals surface area contributed by atoms with Gasteiger partial charge in [-0.15, -0.1) is 0 Å². The summed E-state index contributed by atoms with van der Waals surface area (Å²) in [6, 6.07) is 6.54. The molecule has 1 heterocycles. The third kappa shape index (κ3) is 4.00. The van der Waals surface area contributed by atoms with E-state index in [0.717, 1.165) is 0 Å². The highest BCUT2D eigenvalue weighted by molar-refractivity contribution is 6.29. The van der Waals surface area contributed by atoms with Gasteiger partial charge in [0.2, 0.25) is 0 Å². The molecule has 0 spiro atoms.